The third-order valence-electron chi connectivity index (χ3n) is 5.69. The first-order valence-corrected chi connectivity index (χ1v) is 11.7. The van der Waals surface area contributed by atoms with Gasteiger partial charge in [0.05, 0.1) is 16.1 Å². The Bertz CT molecular complexity index is 1010. The number of anilines is 1. The van der Waals surface area contributed by atoms with E-state index in [9.17, 15) is 13.2 Å². The monoisotopic (exact) mass is 402 g/mol. The van der Waals surface area contributed by atoms with Gasteiger partial charge in [-0.2, -0.15) is 0 Å². The van der Waals surface area contributed by atoms with Gasteiger partial charge in [-0.15, -0.1) is 0 Å². The van der Waals surface area contributed by atoms with E-state index in [-0.39, 0.29) is 16.7 Å². The molecule has 1 saturated carbocycles. The highest BCUT2D eigenvalue weighted by molar-refractivity contribution is 7.90. The summed E-state index contributed by atoms with van der Waals surface area (Å²) >= 11 is 0. The maximum atomic E-state index is 12.3. The van der Waals surface area contributed by atoms with Gasteiger partial charge in [-0.05, 0) is 56.7 Å². The molecule has 0 unspecified atom stereocenters. The Morgan fingerprint density at radius 2 is 1.89 bits per heavy atom. The number of rotatable bonds is 5. The minimum Gasteiger partial charge on any atom is -0.356 e. The molecular formula is C20H26N4O3S. The standard InChI is InChI=1S/C20H26N4O3S/c1-13-17-6-5-16(28(2,26)27)11-18(17)23-20(22-13)24-9-7-15(8-10-24)19(25)21-12-14-3-4-14/h5-6,11,14-15H,3-4,7-10,12H2,1-2H3,(H,21,25). The van der Waals surface area contributed by atoms with Gasteiger partial charge >= 0.3 is 0 Å². The molecule has 1 amide bonds. The summed E-state index contributed by atoms with van der Waals surface area (Å²) in [5, 5.41) is 3.93. The summed E-state index contributed by atoms with van der Waals surface area (Å²) in [6, 6.07) is 4.97. The summed E-state index contributed by atoms with van der Waals surface area (Å²) < 4.78 is 23.7. The zero-order valence-electron chi connectivity index (χ0n) is 16.3. The van der Waals surface area contributed by atoms with Crippen LogP contribution in [-0.4, -0.2) is 50.2 Å². The topological polar surface area (TPSA) is 92.3 Å². The van der Waals surface area contributed by atoms with Crippen LogP contribution in [0.15, 0.2) is 23.1 Å². The Hall–Kier alpha value is -2.22. The van der Waals surface area contributed by atoms with Crippen LogP contribution in [0.5, 0.6) is 0 Å². The van der Waals surface area contributed by atoms with Gasteiger partial charge < -0.3 is 10.2 Å². The molecule has 0 bridgehead atoms. The fraction of sp³-hybridized carbons (Fsp3) is 0.550. The SMILES string of the molecule is Cc1nc(N2CCC(C(=O)NCC3CC3)CC2)nc2cc(S(C)(=O)=O)ccc12. The zero-order chi connectivity index (χ0) is 19.9. The predicted octanol–water partition coefficient (Wildman–Crippen LogP) is 2.08. The Balaban J connectivity index is 1.49. The van der Waals surface area contributed by atoms with E-state index in [1.165, 1.54) is 19.1 Å². The van der Waals surface area contributed by atoms with Gasteiger partial charge in [-0.3, -0.25) is 4.79 Å². The van der Waals surface area contributed by atoms with Crippen molar-refractivity contribution in [2.24, 2.45) is 11.8 Å². The minimum atomic E-state index is -3.29. The number of aryl methyl sites for hydroxylation is 1. The number of nitrogens with zero attached hydrogens (tertiary/aromatic N) is 3. The molecule has 28 heavy (non-hydrogen) atoms. The number of carbonyl (C=O) groups excluding carboxylic acids is 1. The molecule has 0 atom stereocenters. The average molecular weight is 403 g/mol. The molecule has 7 nitrogen and oxygen atoms in total. The van der Waals surface area contributed by atoms with Gasteiger partial charge in [0.15, 0.2) is 9.84 Å². The molecule has 1 saturated heterocycles. The van der Waals surface area contributed by atoms with Crippen LogP contribution >= 0.6 is 0 Å². The third-order valence-corrected chi connectivity index (χ3v) is 6.80. The van der Waals surface area contributed by atoms with Crippen LogP contribution in [0, 0.1) is 18.8 Å². The summed E-state index contributed by atoms with van der Waals surface area (Å²) in [6.07, 6.45) is 5.22. The largest absolute Gasteiger partial charge is 0.356 e. The maximum Gasteiger partial charge on any atom is 0.226 e. The van der Waals surface area contributed by atoms with Crippen LogP contribution < -0.4 is 10.2 Å². The average Bonchev–Trinajstić information content (AvgIpc) is 3.49. The molecule has 2 fully saturated rings. The first-order chi connectivity index (χ1) is 13.3. The highest BCUT2D eigenvalue weighted by Gasteiger charge is 2.28. The predicted molar refractivity (Wildman–Crippen MR) is 108 cm³/mol. The quantitative estimate of drug-likeness (QED) is 0.823. The molecule has 1 aliphatic carbocycles. The Labute approximate surface area is 165 Å². The van der Waals surface area contributed by atoms with Crippen molar-refractivity contribution in [3.05, 3.63) is 23.9 Å². The number of benzene rings is 1. The van der Waals surface area contributed by atoms with Crippen LogP contribution in [-0.2, 0) is 14.6 Å². The number of piperidine rings is 1. The van der Waals surface area contributed by atoms with Crippen molar-refractivity contribution in [1.82, 2.24) is 15.3 Å². The van der Waals surface area contributed by atoms with Gasteiger partial charge in [0.1, 0.15) is 0 Å². The third kappa shape index (κ3) is 4.11. The van der Waals surface area contributed by atoms with Gasteiger partial charge in [-0.1, -0.05) is 0 Å². The molecule has 2 aromatic rings. The lowest BCUT2D eigenvalue weighted by molar-refractivity contribution is -0.125. The smallest absolute Gasteiger partial charge is 0.226 e. The fourth-order valence-electron chi connectivity index (χ4n) is 3.68. The van der Waals surface area contributed by atoms with E-state index in [4.69, 9.17) is 0 Å². The van der Waals surface area contributed by atoms with Crippen LogP contribution in [0.4, 0.5) is 5.95 Å². The maximum absolute atomic E-state index is 12.3. The fourth-order valence-corrected chi connectivity index (χ4v) is 4.32. The number of carbonyl (C=O) groups is 1. The number of nitrogens with one attached hydrogen (secondary N) is 1. The number of hydrogen-bond donors (Lipinski definition) is 1. The van der Waals surface area contributed by atoms with E-state index in [2.05, 4.69) is 20.2 Å². The van der Waals surface area contributed by atoms with Gasteiger partial charge in [0, 0.05) is 37.2 Å². The van der Waals surface area contributed by atoms with Crippen molar-refractivity contribution in [3.63, 3.8) is 0 Å². The molecular weight excluding hydrogens is 376 g/mol. The molecule has 0 spiro atoms. The number of hydrogen-bond acceptors (Lipinski definition) is 6. The molecule has 0 radical (unpaired) electrons. The van der Waals surface area contributed by atoms with Crippen molar-refractivity contribution in [2.75, 3.05) is 30.8 Å². The van der Waals surface area contributed by atoms with Crippen LogP contribution in [0.25, 0.3) is 10.9 Å². The van der Waals surface area contributed by atoms with Crippen LogP contribution in [0.3, 0.4) is 0 Å². The van der Waals surface area contributed by atoms with E-state index in [1.54, 1.807) is 18.2 Å². The van der Waals surface area contributed by atoms with Crippen molar-refractivity contribution >= 4 is 32.6 Å². The molecule has 1 aromatic heterocycles. The highest BCUT2D eigenvalue weighted by Crippen LogP contribution is 2.28. The Morgan fingerprint density at radius 3 is 2.54 bits per heavy atom. The van der Waals surface area contributed by atoms with Crippen LogP contribution in [0.1, 0.15) is 31.4 Å². The van der Waals surface area contributed by atoms with Crippen molar-refractivity contribution in [2.45, 2.75) is 37.5 Å². The molecule has 4 rings (SSSR count). The zero-order valence-corrected chi connectivity index (χ0v) is 17.1. The number of sulfone groups is 1. The summed E-state index contributed by atoms with van der Waals surface area (Å²) in [5.74, 6) is 1.51. The van der Waals surface area contributed by atoms with E-state index in [1.807, 2.05) is 6.92 Å². The Kier molecular flexibility index (Phi) is 4.99. The second-order valence-corrected chi connectivity index (χ2v) is 10.0. The molecule has 150 valence electrons. The second kappa shape index (κ2) is 7.31. The highest BCUT2D eigenvalue weighted by atomic mass is 32.2. The van der Waals surface area contributed by atoms with Crippen LogP contribution in [0.2, 0.25) is 0 Å². The van der Waals surface area contributed by atoms with Crippen molar-refractivity contribution in [3.8, 4) is 0 Å². The number of fused-ring (bicyclic) bond motifs is 1. The first-order valence-electron chi connectivity index (χ1n) is 9.82. The lowest BCUT2D eigenvalue weighted by atomic mass is 9.96. The minimum absolute atomic E-state index is 0.0494. The van der Waals surface area contributed by atoms with E-state index in [0.717, 1.165) is 43.6 Å². The molecule has 1 N–H and O–H groups in total. The molecule has 8 heteroatoms. The molecule has 2 aliphatic rings. The summed E-state index contributed by atoms with van der Waals surface area (Å²) in [7, 11) is -3.29. The molecule has 1 aromatic carbocycles. The lowest BCUT2D eigenvalue weighted by Crippen LogP contribution is -2.41. The number of aromatic nitrogens is 2. The summed E-state index contributed by atoms with van der Waals surface area (Å²) in [4.78, 5) is 23.9. The van der Waals surface area contributed by atoms with Gasteiger partial charge in [0.25, 0.3) is 0 Å². The van der Waals surface area contributed by atoms with E-state index < -0.39 is 9.84 Å². The van der Waals surface area contributed by atoms with E-state index in [0.29, 0.717) is 17.4 Å². The normalized spacial score (nSPS) is 18.4. The van der Waals surface area contributed by atoms with Crippen molar-refractivity contribution < 1.29 is 13.2 Å². The first kappa shape index (κ1) is 19.1. The molecule has 2 heterocycles. The summed E-state index contributed by atoms with van der Waals surface area (Å²) in [5.41, 5.74) is 1.46. The van der Waals surface area contributed by atoms with Crippen molar-refractivity contribution in [1.29, 1.82) is 0 Å². The molecule has 1 aliphatic heterocycles. The second-order valence-electron chi connectivity index (χ2n) is 8.01. The lowest BCUT2D eigenvalue weighted by Gasteiger charge is -2.31. The summed E-state index contributed by atoms with van der Waals surface area (Å²) in [6.45, 7) is 4.16. The van der Waals surface area contributed by atoms with Gasteiger partial charge in [0.2, 0.25) is 11.9 Å². The van der Waals surface area contributed by atoms with E-state index >= 15 is 0 Å². The van der Waals surface area contributed by atoms with Gasteiger partial charge in [-0.25, -0.2) is 18.4 Å². The Morgan fingerprint density at radius 1 is 1.18 bits per heavy atom. The number of amides is 1.